The van der Waals surface area contributed by atoms with Crippen LogP contribution >= 0.6 is 0 Å². The molecule has 0 aliphatic heterocycles. The highest BCUT2D eigenvalue weighted by molar-refractivity contribution is 5.69. The molecule has 0 fully saturated rings. The van der Waals surface area contributed by atoms with Gasteiger partial charge in [-0.15, -0.1) is 0 Å². The zero-order valence-corrected chi connectivity index (χ0v) is 10.0. The number of aryl methyl sites for hydroxylation is 1. The van der Waals surface area contributed by atoms with Gasteiger partial charge in [-0.3, -0.25) is 9.78 Å². The molecule has 0 amide bonds. The van der Waals surface area contributed by atoms with Crippen molar-refractivity contribution < 1.29 is 9.53 Å². The maximum absolute atomic E-state index is 11.0. The molecule has 0 radical (unpaired) electrons. The normalized spacial score (nSPS) is 10.1. The number of aromatic nitrogens is 3. The van der Waals surface area contributed by atoms with E-state index in [4.69, 9.17) is 0 Å². The first-order valence-electron chi connectivity index (χ1n) is 5.60. The fourth-order valence-electron chi connectivity index (χ4n) is 1.49. The van der Waals surface area contributed by atoms with Crippen molar-refractivity contribution in [3.8, 4) is 11.4 Å². The molecule has 0 spiro atoms. The Balaban J connectivity index is 2.13. The SMILES string of the molecule is COC(=O)CCc1nccc(-c2ccccn2)n1. The lowest BCUT2D eigenvalue weighted by atomic mass is 10.2. The van der Waals surface area contributed by atoms with Crippen molar-refractivity contribution in [2.45, 2.75) is 12.8 Å². The van der Waals surface area contributed by atoms with E-state index in [9.17, 15) is 4.79 Å². The van der Waals surface area contributed by atoms with Crippen LogP contribution in [0.25, 0.3) is 11.4 Å². The maximum atomic E-state index is 11.0. The second-order valence-corrected chi connectivity index (χ2v) is 3.65. The van der Waals surface area contributed by atoms with Gasteiger partial charge in [0, 0.05) is 18.8 Å². The Morgan fingerprint density at radius 3 is 2.78 bits per heavy atom. The van der Waals surface area contributed by atoms with Gasteiger partial charge in [0.25, 0.3) is 0 Å². The predicted octanol–water partition coefficient (Wildman–Crippen LogP) is 1.64. The second kappa shape index (κ2) is 5.86. The van der Waals surface area contributed by atoms with Crippen molar-refractivity contribution in [1.82, 2.24) is 15.0 Å². The standard InChI is InChI=1S/C13H13N3O2/c1-18-13(17)6-5-12-15-9-7-11(16-12)10-4-2-3-8-14-10/h2-4,7-9H,5-6H2,1H3. The van der Waals surface area contributed by atoms with Gasteiger partial charge in [-0.25, -0.2) is 9.97 Å². The molecule has 2 rings (SSSR count). The molecule has 0 aromatic carbocycles. The number of carbonyl (C=O) groups excluding carboxylic acids is 1. The summed E-state index contributed by atoms with van der Waals surface area (Å²) in [5.41, 5.74) is 1.55. The number of pyridine rings is 1. The van der Waals surface area contributed by atoms with Gasteiger partial charge in [0.2, 0.25) is 0 Å². The smallest absolute Gasteiger partial charge is 0.305 e. The Morgan fingerprint density at radius 1 is 1.17 bits per heavy atom. The summed E-state index contributed by atoms with van der Waals surface area (Å²) in [5.74, 6) is 0.352. The van der Waals surface area contributed by atoms with Crippen molar-refractivity contribution in [2.75, 3.05) is 7.11 Å². The number of rotatable bonds is 4. The van der Waals surface area contributed by atoms with Crippen LogP contribution in [0.1, 0.15) is 12.2 Å². The molecule has 0 saturated carbocycles. The van der Waals surface area contributed by atoms with Crippen LogP contribution in [-0.4, -0.2) is 28.0 Å². The molecule has 18 heavy (non-hydrogen) atoms. The maximum Gasteiger partial charge on any atom is 0.305 e. The van der Waals surface area contributed by atoms with E-state index in [2.05, 4.69) is 19.7 Å². The van der Waals surface area contributed by atoms with Gasteiger partial charge in [0.1, 0.15) is 5.82 Å². The lowest BCUT2D eigenvalue weighted by Gasteiger charge is -2.02. The van der Waals surface area contributed by atoms with Gasteiger partial charge in [-0.2, -0.15) is 0 Å². The summed E-state index contributed by atoms with van der Waals surface area (Å²) in [4.78, 5) is 23.8. The summed E-state index contributed by atoms with van der Waals surface area (Å²) in [6, 6.07) is 7.43. The zero-order chi connectivity index (χ0) is 12.8. The van der Waals surface area contributed by atoms with E-state index in [-0.39, 0.29) is 12.4 Å². The van der Waals surface area contributed by atoms with E-state index in [0.717, 1.165) is 11.4 Å². The monoisotopic (exact) mass is 243 g/mol. The summed E-state index contributed by atoms with van der Waals surface area (Å²) < 4.78 is 4.58. The Bertz CT molecular complexity index is 529. The largest absolute Gasteiger partial charge is 0.469 e. The van der Waals surface area contributed by atoms with Crippen molar-refractivity contribution in [2.24, 2.45) is 0 Å². The average Bonchev–Trinajstić information content (AvgIpc) is 2.46. The molecule has 2 aromatic rings. The zero-order valence-electron chi connectivity index (χ0n) is 10.0. The van der Waals surface area contributed by atoms with Crippen LogP contribution < -0.4 is 0 Å². The Labute approximate surface area is 105 Å². The van der Waals surface area contributed by atoms with Crippen molar-refractivity contribution >= 4 is 5.97 Å². The summed E-state index contributed by atoms with van der Waals surface area (Å²) in [6.45, 7) is 0. The molecule has 92 valence electrons. The number of esters is 1. The van der Waals surface area contributed by atoms with E-state index in [1.807, 2.05) is 18.2 Å². The third-order valence-corrected chi connectivity index (χ3v) is 2.41. The molecule has 5 heteroatoms. The van der Waals surface area contributed by atoms with E-state index < -0.39 is 0 Å². The summed E-state index contributed by atoms with van der Waals surface area (Å²) >= 11 is 0. The Kier molecular flexibility index (Phi) is 3.96. The Morgan fingerprint density at radius 2 is 2.06 bits per heavy atom. The molecule has 2 aromatic heterocycles. The molecule has 0 aliphatic carbocycles. The minimum atomic E-state index is -0.262. The minimum Gasteiger partial charge on any atom is -0.469 e. The summed E-state index contributed by atoms with van der Waals surface area (Å²) in [6.07, 6.45) is 4.13. The van der Waals surface area contributed by atoms with Gasteiger partial charge in [-0.05, 0) is 18.2 Å². The molecule has 0 unspecified atom stereocenters. The number of carbonyl (C=O) groups is 1. The van der Waals surface area contributed by atoms with Crippen molar-refractivity contribution in [3.63, 3.8) is 0 Å². The van der Waals surface area contributed by atoms with Gasteiger partial charge in [-0.1, -0.05) is 6.07 Å². The minimum absolute atomic E-state index is 0.262. The van der Waals surface area contributed by atoms with Crippen molar-refractivity contribution in [3.05, 3.63) is 42.5 Å². The van der Waals surface area contributed by atoms with Gasteiger partial charge in [0.05, 0.1) is 24.9 Å². The van der Waals surface area contributed by atoms with E-state index in [1.54, 1.807) is 18.5 Å². The highest BCUT2D eigenvalue weighted by Gasteiger charge is 2.06. The summed E-state index contributed by atoms with van der Waals surface area (Å²) in [5, 5.41) is 0. The fourth-order valence-corrected chi connectivity index (χ4v) is 1.49. The number of ether oxygens (including phenoxy) is 1. The number of hydrogen-bond donors (Lipinski definition) is 0. The Hall–Kier alpha value is -2.30. The van der Waals surface area contributed by atoms with Gasteiger partial charge in [0.15, 0.2) is 0 Å². The van der Waals surface area contributed by atoms with Crippen molar-refractivity contribution in [1.29, 1.82) is 0 Å². The van der Waals surface area contributed by atoms with Gasteiger partial charge < -0.3 is 4.74 Å². The molecule has 0 saturated heterocycles. The lowest BCUT2D eigenvalue weighted by Crippen LogP contribution is -2.04. The molecular formula is C13H13N3O2. The van der Waals surface area contributed by atoms with Crippen LogP contribution in [0.2, 0.25) is 0 Å². The second-order valence-electron chi connectivity index (χ2n) is 3.65. The average molecular weight is 243 g/mol. The number of hydrogen-bond acceptors (Lipinski definition) is 5. The third-order valence-electron chi connectivity index (χ3n) is 2.41. The summed E-state index contributed by atoms with van der Waals surface area (Å²) in [7, 11) is 1.37. The molecule has 0 atom stereocenters. The van der Waals surface area contributed by atoms with Crippen LogP contribution in [0, 0.1) is 0 Å². The lowest BCUT2D eigenvalue weighted by molar-refractivity contribution is -0.140. The first-order chi connectivity index (χ1) is 8.79. The number of nitrogens with zero attached hydrogens (tertiary/aromatic N) is 3. The van der Waals surface area contributed by atoms with Gasteiger partial charge >= 0.3 is 5.97 Å². The van der Waals surface area contributed by atoms with E-state index in [0.29, 0.717) is 12.2 Å². The highest BCUT2D eigenvalue weighted by Crippen LogP contribution is 2.12. The first kappa shape index (κ1) is 12.2. The van der Waals surface area contributed by atoms with Crippen LogP contribution in [0.5, 0.6) is 0 Å². The molecule has 5 nitrogen and oxygen atoms in total. The van der Waals surface area contributed by atoms with E-state index in [1.165, 1.54) is 7.11 Å². The van der Waals surface area contributed by atoms with Crippen LogP contribution in [0.4, 0.5) is 0 Å². The van der Waals surface area contributed by atoms with Crippen LogP contribution in [0.3, 0.4) is 0 Å². The fraction of sp³-hybridized carbons (Fsp3) is 0.231. The predicted molar refractivity (Wildman–Crippen MR) is 65.6 cm³/mol. The number of methoxy groups -OCH3 is 1. The highest BCUT2D eigenvalue weighted by atomic mass is 16.5. The third kappa shape index (κ3) is 3.10. The first-order valence-corrected chi connectivity index (χ1v) is 5.60. The van der Waals surface area contributed by atoms with E-state index >= 15 is 0 Å². The molecule has 0 N–H and O–H groups in total. The topological polar surface area (TPSA) is 65.0 Å². The molecule has 2 heterocycles. The quantitative estimate of drug-likeness (QED) is 0.764. The van der Waals surface area contributed by atoms with Crippen LogP contribution in [-0.2, 0) is 16.0 Å². The molecular weight excluding hydrogens is 230 g/mol. The van der Waals surface area contributed by atoms with Crippen LogP contribution in [0.15, 0.2) is 36.7 Å². The molecule has 0 bridgehead atoms. The molecule has 0 aliphatic rings.